The molecule has 4 rings (SSSR count). The third kappa shape index (κ3) is 8.73. The molecular formula is C36H45N2+. The molecule has 2 nitrogen and oxygen atoms in total. The fourth-order valence-electron chi connectivity index (χ4n) is 4.58. The average Bonchev–Trinajstić information content (AvgIpc) is 2.95. The Hall–Kier alpha value is -3.65. The number of nitrogens with zero attached hydrogens (tertiary/aromatic N) is 2. The predicted octanol–water partition coefficient (Wildman–Crippen LogP) is 8.43. The molecule has 0 atom stereocenters. The fourth-order valence-corrected chi connectivity index (χ4v) is 4.58. The third-order valence-corrected chi connectivity index (χ3v) is 7.03. The van der Waals surface area contributed by atoms with Crippen LogP contribution in [0, 0.1) is 13.8 Å². The molecule has 0 aliphatic heterocycles. The fraction of sp³-hybridized carbons (Fsp3) is 0.306. The molecule has 0 unspecified atom stereocenters. The second-order valence-corrected chi connectivity index (χ2v) is 9.82. The summed E-state index contributed by atoms with van der Waals surface area (Å²) < 4.78 is 2.36. The van der Waals surface area contributed by atoms with Crippen LogP contribution in [0.4, 0.5) is 5.69 Å². The second-order valence-electron chi connectivity index (χ2n) is 9.82. The normalized spacial score (nSPS) is 12.2. The van der Waals surface area contributed by atoms with Crippen LogP contribution in [0.2, 0.25) is 0 Å². The van der Waals surface area contributed by atoms with Gasteiger partial charge in [0.1, 0.15) is 13.1 Å². The Morgan fingerprint density at radius 2 is 1.08 bits per heavy atom. The monoisotopic (exact) mass is 505 g/mol. The summed E-state index contributed by atoms with van der Waals surface area (Å²) in [5.41, 5.74) is 10.5. The third-order valence-electron chi connectivity index (χ3n) is 7.03. The predicted molar refractivity (Wildman–Crippen MR) is 168 cm³/mol. The molecule has 38 heavy (non-hydrogen) atoms. The van der Waals surface area contributed by atoms with Crippen LogP contribution >= 0.6 is 0 Å². The van der Waals surface area contributed by atoms with E-state index in [4.69, 9.17) is 0 Å². The van der Waals surface area contributed by atoms with E-state index in [0.717, 1.165) is 32.6 Å². The van der Waals surface area contributed by atoms with Crippen molar-refractivity contribution in [1.29, 1.82) is 0 Å². The summed E-state index contributed by atoms with van der Waals surface area (Å²) >= 11 is 0. The van der Waals surface area contributed by atoms with Crippen molar-refractivity contribution < 1.29 is 4.58 Å². The number of aryl methyl sites for hydroxylation is 2. The molecule has 0 N–H and O–H groups in total. The second kappa shape index (κ2) is 14.9. The van der Waals surface area contributed by atoms with Crippen LogP contribution in [0.3, 0.4) is 0 Å². The van der Waals surface area contributed by atoms with Crippen molar-refractivity contribution in [1.82, 2.24) is 0 Å². The maximum absolute atomic E-state index is 2.36. The number of benzene rings is 3. The Balaban J connectivity index is 0.000000230. The molecule has 1 aliphatic rings. The van der Waals surface area contributed by atoms with Gasteiger partial charge in [0.25, 0.3) is 0 Å². The number of allylic oxidation sites excluding steroid dienone is 5. The first kappa shape index (κ1) is 28.9. The highest BCUT2D eigenvalue weighted by Gasteiger charge is 2.08. The molecule has 0 saturated heterocycles. The van der Waals surface area contributed by atoms with E-state index in [2.05, 4.69) is 154 Å². The van der Waals surface area contributed by atoms with Gasteiger partial charge in [0.05, 0.1) is 0 Å². The summed E-state index contributed by atoms with van der Waals surface area (Å²) in [6.45, 7) is 17.2. The molecule has 3 aromatic carbocycles. The number of rotatable bonds is 8. The van der Waals surface area contributed by atoms with Gasteiger partial charge in [-0.2, -0.15) is 0 Å². The first-order chi connectivity index (χ1) is 18.4. The zero-order valence-electron chi connectivity index (χ0n) is 24.2. The van der Waals surface area contributed by atoms with Crippen molar-refractivity contribution >= 4 is 17.5 Å². The minimum absolute atomic E-state index is 1.03. The van der Waals surface area contributed by atoms with E-state index < -0.39 is 0 Å². The molecule has 3 aromatic rings. The van der Waals surface area contributed by atoms with Gasteiger partial charge in [0.2, 0.25) is 0 Å². The molecule has 0 aromatic heterocycles. The Bertz CT molecular complexity index is 1180. The van der Waals surface area contributed by atoms with E-state index >= 15 is 0 Å². The quantitative estimate of drug-likeness (QED) is 0.278. The van der Waals surface area contributed by atoms with Crippen molar-refractivity contribution in [3.8, 4) is 0 Å². The highest BCUT2D eigenvalue weighted by molar-refractivity contribution is 6.02. The van der Waals surface area contributed by atoms with Crippen molar-refractivity contribution in [3.63, 3.8) is 0 Å². The molecule has 2 heteroatoms. The first-order valence-corrected chi connectivity index (χ1v) is 14.1. The summed E-state index contributed by atoms with van der Waals surface area (Å²) in [5, 5.41) is 0. The Morgan fingerprint density at radius 3 is 1.50 bits per heavy atom. The van der Waals surface area contributed by atoms with E-state index in [0.29, 0.717) is 0 Å². The molecule has 0 saturated carbocycles. The SMILES string of the molecule is CCN(CC)c1ccc(C=C2C=CC(=[N+](CC)CC)C=C2)cc1.Cc1ccc(Cc2ccc(C)cc2)cc1. The number of anilines is 1. The van der Waals surface area contributed by atoms with E-state index in [1.54, 1.807) is 0 Å². The largest absolute Gasteiger partial charge is 0.372 e. The lowest BCUT2D eigenvalue weighted by Gasteiger charge is -2.20. The zero-order chi connectivity index (χ0) is 27.3. The molecule has 0 amide bonds. The van der Waals surface area contributed by atoms with Gasteiger partial charge in [0, 0.05) is 30.9 Å². The van der Waals surface area contributed by atoms with Gasteiger partial charge >= 0.3 is 0 Å². The molecule has 1 aliphatic carbocycles. The van der Waals surface area contributed by atoms with Crippen molar-refractivity contribution in [2.24, 2.45) is 0 Å². The van der Waals surface area contributed by atoms with E-state index in [-0.39, 0.29) is 0 Å². The van der Waals surface area contributed by atoms with Crippen LogP contribution in [0.15, 0.2) is 103 Å². The summed E-state index contributed by atoms with van der Waals surface area (Å²) in [4.78, 5) is 2.36. The highest BCUT2D eigenvalue weighted by atomic mass is 15.1. The summed E-state index contributed by atoms with van der Waals surface area (Å²) in [6.07, 6.45) is 12.1. The van der Waals surface area contributed by atoms with Gasteiger partial charge in [0.15, 0.2) is 5.71 Å². The van der Waals surface area contributed by atoms with Gasteiger partial charge in [-0.3, -0.25) is 0 Å². The standard InChI is InChI=1S/C21H29N2.C15H16/c1-5-22(6-2)20-13-9-18(10-14-20)17-19-11-15-21(16-12-19)23(7-3)8-4;1-12-3-7-14(8-4-12)11-15-9-5-13(2)6-10-15/h9-17H,5-8H2,1-4H3;3-10H,11H2,1-2H3/q+1;. The van der Waals surface area contributed by atoms with Gasteiger partial charge in [-0.05, 0) is 101 Å². The van der Waals surface area contributed by atoms with Gasteiger partial charge in [-0.25, -0.2) is 4.58 Å². The molecule has 198 valence electrons. The van der Waals surface area contributed by atoms with Crippen LogP contribution in [0.1, 0.15) is 55.5 Å². The summed E-state index contributed by atoms with van der Waals surface area (Å²) in [7, 11) is 0. The molecule has 0 fully saturated rings. The zero-order valence-corrected chi connectivity index (χ0v) is 24.2. The lowest BCUT2D eigenvalue weighted by Crippen LogP contribution is -2.21. The van der Waals surface area contributed by atoms with Crippen LogP contribution in [-0.4, -0.2) is 36.5 Å². The minimum atomic E-state index is 1.03. The number of hydrogen-bond donors (Lipinski definition) is 0. The van der Waals surface area contributed by atoms with Crippen LogP contribution < -0.4 is 4.90 Å². The Morgan fingerprint density at radius 1 is 0.605 bits per heavy atom. The molecule has 0 heterocycles. The lowest BCUT2D eigenvalue weighted by molar-refractivity contribution is -0.519. The Kier molecular flexibility index (Phi) is 11.4. The first-order valence-electron chi connectivity index (χ1n) is 14.1. The number of hydrogen-bond acceptors (Lipinski definition) is 1. The van der Waals surface area contributed by atoms with Crippen molar-refractivity contribution in [2.75, 3.05) is 31.1 Å². The Labute approximate surface area is 231 Å². The minimum Gasteiger partial charge on any atom is -0.372 e. The van der Waals surface area contributed by atoms with E-state index in [1.807, 2.05) is 0 Å². The van der Waals surface area contributed by atoms with E-state index in [1.165, 1.54) is 44.8 Å². The molecule has 0 spiro atoms. The van der Waals surface area contributed by atoms with Gasteiger partial charge in [-0.15, -0.1) is 0 Å². The smallest absolute Gasteiger partial charge is 0.199 e. The summed E-state index contributed by atoms with van der Waals surface area (Å²) in [5.74, 6) is 0. The topological polar surface area (TPSA) is 6.25 Å². The van der Waals surface area contributed by atoms with Crippen LogP contribution in [-0.2, 0) is 6.42 Å². The van der Waals surface area contributed by atoms with Gasteiger partial charge < -0.3 is 4.90 Å². The molecular weight excluding hydrogens is 460 g/mol. The average molecular weight is 506 g/mol. The van der Waals surface area contributed by atoms with E-state index in [9.17, 15) is 0 Å². The van der Waals surface area contributed by atoms with Crippen molar-refractivity contribution in [2.45, 2.75) is 48.0 Å². The van der Waals surface area contributed by atoms with Crippen LogP contribution in [0.25, 0.3) is 6.08 Å². The molecule has 0 bridgehead atoms. The van der Waals surface area contributed by atoms with Crippen molar-refractivity contribution in [3.05, 3.63) is 130 Å². The maximum Gasteiger partial charge on any atom is 0.199 e. The molecule has 0 radical (unpaired) electrons. The lowest BCUT2D eigenvalue weighted by atomic mass is 10.0. The maximum atomic E-state index is 2.36. The summed E-state index contributed by atoms with van der Waals surface area (Å²) in [6, 6.07) is 26.3. The highest BCUT2D eigenvalue weighted by Crippen LogP contribution is 2.18. The van der Waals surface area contributed by atoms with Crippen LogP contribution in [0.5, 0.6) is 0 Å². The van der Waals surface area contributed by atoms with Gasteiger partial charge in [-0.1, -0.05) is 71.8 Å².